The summed E-state index contributed by atoms with van der Waals surface area (Å²) in [6, 6.07) is 0. The number of nitrogens with two attached hydrogens (primary N) is 2. The van der Waals surface area contributed by atoms with Crippen molar-refractivity contribution in [2.24, 2.45) is 11.5 Å². The van der Waals surface area contributed by atoms with Crippen LogP contribution in [0, 0.1) is 5.41 Å². The van der Waals surface area contributed by atoms with Crippen LogP contribution in [-0.2, 0) is 4.74 Å². The highest BCUT2D eigenvalue weighted by Crippen LogP contribution is 2.16. The smallest absolute Gasteiger partial charge is 0.143 e. The molecule has 64 valence electrons. The fourth-order valence-electron chi connectivity index (χ4n) is 0.929. The van der Waals surface area contributed by atoms with E-state index in [9.17, 15) is 0 Å². The van der Waals surface area contributed by atoms with E-state index in [0.717, 1.165) is 0 Å². The zero-order valence-electron chi connectivity index (χ0n) is 6.79. The molecule has 4 heteroatoms. The van der Waals surface area contributed by atoms with Crippen molar-refractivity contribution < 1.29 is 4.74 Å². The maximum atomic E-state index is 7.46. The van der Waals surface area contributed by atoms with E-state index in [-0.39, 0.29) is 0 Å². The molecule has 0 amide bonds. The predicted octanol–water partition coefficient (Wildman–Crippen LogP) is 0.235. The summed E-state index contributed by atoms with van der Waals surface area (Å²) in [5.74, 6) is 0.505. The molecule has 0 aromatic carbocycles. The van der Waals surface area contributed by atoms with Gasteiger partial charge in [-0.15, -0.1) is 0 Å². The van der Waals surface area contributed by atoms with Gasteiger partial charge in [0.25, 0.3) is 0 Å². The Morgan fingerprint density at radius 2 is 2.17 bits per heavy atom. The lowest BCUT2D eigenvalue weighted by atomic mass is 10.0. The topological polar surface area (TPSA) is 85.1 Å². The maximum absolute atomic E-state index is 7.46. The maximum Gasteiger partial charge on any atom is 0.143 e. The molecule has 0 radical (unpaired) electrons. The lowest BCUT2D eigenvalue weighted by Gasteiger charge is -2.12. The van der Waals surface area contributed by atoms with Crippen molar-refractivity contribution in [3.63, 3.8) is 0 Å². The van der Waals surface area contributed by atoms with Gasteiger partial charge in [0.05, 0.1) is 18.5 Å². The van der Waals surface area contributed by atoms with Gasteiger partial charge in [-0.1, -0.05) is 0 Å². The highest BCUT2D eigenvalue weighted by molar-refractivity contribution is 6.10. The molecule has 0 fully saturated rings. The number of allylic oxidation sites excluding steroid dienone is 3. The molecule has 0 heterocycles. The van der Waals surface area contributed by atoms with Crippen LogP contribution in [0.15, 0.2) is 35.4 Å². The number of nitrogens with one attached hydrogen (secondary N) is 1. The molecule has 5 N–H and O–H groups in total. The van der Waals surface area contributed by atoms with Crippen LogP contribution in [0.5, 0.6) is 0 Å². The first kappa shape index (κ1) is 8.39. The molecular formula is C8H11N3O. The second-order valence-corrected chi connectivity index (χ2v) is 2.35. The fraction of sp³-hybridized carbons (Fsp3) is 0.125. The highest BCUT2D eigenvalue weighted by Gasteiger charge is 2.11. The van der Waals surface area contributed by atoms with Gasteiger partial charge in [-0.05, 0) is 6.08 Å². The van der Waals surface area contributed by atoms with Crippen molar-refractivity contribution in [2.45, 2.75) is 0 Å². The third-order valence-corrected chi connectivity index (χ3v) is 1.58. The van der Waals surface area contributed by atoms with Crippen LogP contribution in [0.25, 0.3) is 0 Å². The van der Waals surface area contributed by atoms with Gasteiger partial charge in [-0.25, -0.2) is 0 Å². The summed E-state index contributed by atoms with van der Waals surface area (Å²) in [5, 5.41) is 7.46. The van der Waals surface area contributed by atoms with Gasteiger partial charge in [0.2, 0.25) is 0 Å². The molecular weight excluding hydrogens is 154 g/mol. The normalized spacial score (nSPS) is 20.4. The molecule has 0 spiro atoms. The van der Waals surface area contributed by atoms with Gasteiger partial charge in [0.1, 0.15) is 5.76 Å². The van der Waals surface area contributed by atoms with Gasteiger partial charge in [0, 0.05) is 17.8 Å². The van der Waals surface area contributed by atoms with Crippen molar-refractivity contribution in [2.75, 3.05) is 7.11 Å². The minimum atomic E-state index is 0.309. The van der Waals surface area contributed by atoms with Crippen LogP contribution in [0.4, 0.5) is 0 Å². The van der Waals surface area contributed by atoms with Crippen molar-refractivity contribution in [1.82, 2.24) is 0 Å². The number of rotatable bonds is 1. The quantitative estimate of drug-likeness (QED) is 0.520. The van der Waals surface area contributed by atoms with E-state index in [1.807, 2.05) is 0 Å². The van der Waals surface area contributed by atoms with Crippen LogP contribution >= 0.6 is 0 Å². The van der Waals surface area contributed by atoms with Crippen LogP contribution in [0.2, 0.25) is 0 Å². The number of methoxy groups -OCH3 is 1. The van der Waals surface area contributed by atoms with E-state index >= 15 is 0 Å². The van der Waals surface area contributed by atoms with Crippen molar-refractivity contribution in [3.8, 4) is 0 Å². The Labute approximate surface area is 70.7 Å². The molecule has 0 saturated carbocycles. The van der Waals surface area contributed by atoms with Crippen molar-refractivity contribution in [1.29, 1.82) is 5.41 Å². The Balaban J connectivity index is 3.04. The molecule has 0 aliphatic heterocycles. The first-order valence-electron chi connectivity index (χ1n) is 3.43. The summed E-state index contributed by atoms with van der Waals surface area (Å²) >= 11 is 0. The first-order valence-corrected chi connectivity index (χ1v) is 3.43. The van der Waals surface area contributed by atoms with Gasteiger partial charge >= 0.3 is 0 Å². The minimum absolute atomic E-state index is 0.309. The van der Waals surface area contributed by atoms with E-state index in [1.54, 1.807) is 6.08 Å². The number of hydrogen-bond donors (Lipinski definition) is 3. The summed E-state index contributed by atoms with van der Waals surface area (Å²) in [5.41, 5.74) is 12.3. The van der Waals surface area contributed by atoms with Crippen LogP contribution in [-0.4, -0.2) is 12.8 Å². The van der Waals surface area contributed by atoms with Gasteiger partial charge in [0.15, 0.2) is 0 Å². The Bertz CT molecular complexity index is 299. The predicted molar refractivity (Wildman–Crippen MR) is 47.4 cm³/mol. The number of hydrogen-bond acceptors (Lipinski definition) is 4. The van der Waals surface area contributed by atoms with E-state index in [0.29, 0.717) is 22.7 Å². The summed E-state index contributed by atoms with van der Waals surface area (Å²) in [6.45, 7) is 0. The molecule has 0 bridgehead atoms. The fourth-order valence-corrected chi connectivity index (χ4v) is 0.929. The minimum Gasteiger partial charge on any atom is -0.495 e. The molecule has 0 atom stereocenters. The molecule has 12 heavy (non-hydrogen) atoms. The van der Waals surface area contributed by atoms with Gasteiger partial charge < -0.3 is 21.6 Å². The Morgan fingerprint density at radius 3 is 2.67 bits per heavy atom. The molecule has 0 aromatic rings. The zero-order valence-corrected chi connectivity index (χ0v) is 6.79. The third-order valence-electron chi connectivity index (χ3n) is 1.58. The Hall–Kier alpha value is -1.71. The summed E-state index contributed by atoms with van der Waals surface area (Å²) in [6.07, 6.45) is 4.49. The summed E-state index contributed by atoms with van der Waals surface area (Å²) in [7, 11) is 1.51. The molecule has 1 aliphatic rings. The third kappa shape index (κ3) is 1.32. The van der Waals surface area contributed by atoms with E-state index in [2.05, 4.69) is 0 Å². The zero-order chi connectivity index (χ0) is 9.14. The van der Waals surface area contributed by atoms with Crippen LogP contribution < -0.4 is 11.5 Å². The Kier molecular flexibility index (Phi) is 2.19. The highest BCUT2D eigenvalue weighted by atomic mass is 16.5. The Morgan fingerprint density at radius 1 is 1.50 bits per heavy atom. The first-order chi connectivity index (χ1) is 5.69. The number of ether oxygens (including phenoxy) is 1. The van der Waals surface area contributed by atoms with Crippen LogP contribution in [0.3, 0.4) is 0 Å². The lowest BCUT2D eigenvalue weighted by Crippen LogP contribution is -2.13. The van der Waals surface area contributed by atoms with E-state index < -0.39 is 0 Å². The summed E-state index contributed by atoms with van der Waals surface area (Å²) < 4.78 is 4.93. The lowest BCUT2D eigenvalue weighted by molar-refractivity contribution is 0.300. The van der Waals surface area contributed by atoms with Gasteiger partial charge in [-0.3, -0.25) is 0 Å². The van der Waals surface area contributed by atoms with E-state index in [4.69, 9.17) is 21.6 Å². The van der Waals surface area contributed by atoms with Crippen molar-refractivity contribution >= 4 is 5.71 Å². The molecule has 0 saturated heterocycles. The molecule has 1 rings (SSSR count). The second-order valence-electron chi connectivity index (χ2n) is 2.35. The van der Waals surface area contributed by atoms with Gasteiger partial charge in [-0.2, -0.15) is 0 Å². The monoisotopic (exact) mass is 165 g/mol. The second kappa shape index (κ2) is 3.13. The standard InChI is InChI=1S/C8H11N3O/c1-12-8-3-6(10)5(4-9)2-7(8)11/h2-4,10H,9,11H2,1H3/b5-4-,10-6?. The molecule has 1 aliphatic carbocycles. The SMILES string of the molecule is COC1=CC(=N)/C(=C\N)C=C1N. The molecule has 0 unspecified atom stereocenters. The average Bonchev–Trinajstić information content (AvgIpc) is 2.08. The van der Waals surface area contributed by atoms with E-state index in [1.165, 1.54) is 19.4 Å². The van der Waals surface area contributed by atoms with Crippen LogP contribution in [0.1, 0.15) is 0 Å². The summed E-state index contributed by atoms with van der Waals surface area (Å²) in [4.78, 5) is 0. The molecule has 4 nitrogen and oxygen atoms in total. The van der Waals surface area contributed by atoms with Crippen molar-refractivity contribution in [3.05, 3.63) is 35.4 Å². The average molecular weight is 165 g/mol. The largest absolute Gasteiger partial charge is 0.495 e. The molecule has 0 aromatic heterocycles.